The number of amides is 1. The maximum atomic E-state index is 13.7. The molecule has 0 saturated carbocycles. The molecule has 0 unspecified atom stereocenters. The zero-order valence-electron chi connectivity index (χ0n) is 28.5. The molecule has 16 nitrogen and oxygen atoms in total. The molecule has 3 heterocycles. The third kappa shape index (κ3) is 9.66. The van der Waals surface area contributed by atoms with Crippen molar-refractivity contribution in [2.75, 3.05) is 12.4 Å². The number of nitrogens with two attached hydrogens (primary N) is 1. The molecule has 0 aliphatic heterocycles. The number of benzene rings is 2. The van der Waals surface area contributed by atoms with E-state index >= 15 is 0 Å². The highest BCUT2D eigenvalue weighted by molar-refractivity contribution is 6.04. The van der Waals surface area contributed by atoms with Gasteiger partial charge in [0.2, 0.25) is 0 Å². The topological polar surface area (TPSA) is 227 Å². The molecule has 0 spiro atoms. The summed E-state index contributed by atoms with van der Waals surface area (Å²) < 4.78 is 19.7. The summed E-state index contributed by atoms with van der Waals surface area (Å²) in [5.41, 5.74) is 6.69. The number of carbonyl (C=O) groups is 4. The lowest BCUT2D eigenvalue weighted by Gasteiger charge is -2.19. The van der Waals surface area contributed by atoms with Crippen LogP contribution in [0.15, 0.2) is 96.1 Å². The normalized spacial score (nSPS) is 11.9. The average Bonchev–Trinajstić information content (AvgIpc) is 3.36. The molecule has 0 radical (unpaired) electrons. The number of anilines is 1. The number of nitrogens with zero attached hydrogens (tertiary/aromatic N) is 4. The minimum Gasteiger partial charge on any atom is -0.497 e. The number of rotatable bonds is 12. The second-order valence-corrected chi connectivity index (χ2v) is 11.2. The third-order valence-electron chi connectivity index (χ3n) is 7.23. The van der Waals surface area contributed by atoms with Gasteiger partial charge >= 0.3 is 17.9 Å². The van der Waals surface area contributed by atoms with Crippen LogP contribution in [0, 0.1) is 6.92 Å². The summed E-state index contributed by atoms with van der Waals surface area (Å²) in [4.78, 5) is 67.0. The van der Waals surface area contributed by atoms with Gasteiger partial charge in [0, 0.05) is 29.8 Å². The van der Waals surface area contributed by atoms with E-state index in [-0.39, 0.29) is 17.9 Å². The Balaban J connectivity index is 0.000000677. The highest BCUT2D eigenvalue weighted by atomic mass is 16.5. The van der Waals surface area contributed by atoms with Gasteiger partial charge in [0.25, 0.3) is 11.5 Å². The second kappa shape index (κ2) is 17.2. The first kappa shape index (κ1) is 38.0. The van der Waals surface area contributed by atoms with Gasteiger partial charge in [-0.25, -0.2) is 19.3 Å². The van der Waals surface area contributed by atoms with Crippen molar-refractivity contribution in [3.05, 3.63) is 113 Å². The van der Waals surface area contributed by atoms with Crippen LogP contribution in [-0.2, 0) is 25.7 Å². The Morgan fingerprint density at radius 2 is 1.62 bits per heavy atom. The summed E-state index contributed by atoms with van der Waals surface area (Å²) in [6.07, 6.45) is 3.60. The van der Waals surface area contributed by atoms with Crippen molar-refractivity contribution in [2.24, 2.45) is 5.73 Å². The van der Waals surface area contributed by atoms with Crippen LogP contribution in [0.5, 0.6) is 17.2 Å². The summed E-state index contributed by atoms with van der Waals surface area (Å²) in [7, 11) is 1.59. The fraction of sp³-hybridized carbons (Fsp3) is 0.194. The quantitative estimate of drug-likeness (QED) is 0.106. The number of hydrogen-bond donors (Lipinski definition) is 4. The first-order valence-corrected chi connectivity index (χ1v) is 15.6. The van der Waals surface area contributed by atoms with Gasteiger partial charge in [-0.1, -0.05) is 18.2 Å². The van der Waals surface area contributed by atoms with Crippen molar-refractivity contribution < 1.29 is 43.6 Å². The van der Waals surface area contributed by atoms with Crippen LogP contribution < -0.4 is 26.1 Å². The Morgan fingerprint density at radius 1 is 0.942 bits per heavy atom. The van der Waals surface area contributed by atoms with E-state index in [2.05, 4.69) is 15.3 Å². The van der Waals surface area contributed by atoms with Gasteiger partial charge in [-0.2, -0.15) is 0 Å². The van der Waals surface area contributed by atoms with Gasteiger partial charge in [0.05, 0.1) is 36.7 Å². The number of pyridine rings is 2. The number of carboxylic acids is 2. The molecule has 0 bridgehead atoms. The monoisotopic (exact) mass is 712 g/mol. The number of aliphatic carboxylic acids is 2. The molecule has 1 amide bonds. The third-order valence-corrected chi connectivity index (χ3v) is 7.23. The lowest BCUT2D eigenvalue weighted by atomic mass is 10.2. The average molecular weight is 713 g/mol. The standard InChI is InChI=1S/C32H32N6O6.C4H4O4/c1-19(43-32(41)20(2)33)18-37-21(3)29(31(40)38(37)22-8-6-5-7-9-22)30(39)36-28-13-11-24(17-35-28)44-27-14-15-34-26-16-23(42-4)10-12-25(26)27;5-3(6)1-2-4(7)8/h5-17,19-20H,18,33H2,1-4H3,(H,35,36,39);1-2H,(H,5,6)(H,7,8)/t19-,20+;/m1./s1. The maximum Gasteiger partial charge on any atom is 0.328 e. The Kier molecular flexibility index (Phi) is 12.6. The zero-order chi connectivity index (χ0) is 37.9. The van der Waals surface area contributed by atoms with Crippen molar-refractivity contribution in [3.8, 4) is 22.9 Å². The summed E-state index contributed by atoms with van der Waals surface area (Å²) >= 11 is 0. The van der Waals surface area contributed by atoms with Gasteiger partial charge in [-0.3, -0.25) is 24.0 Å². The van der Waals surface area contributed by atoms with E-state index in [1.807, 2.05) is 24.3 Å². The summed E-state index contributed by atoms with van der Waals surface area (Å²) in [5, 5.41) is 19.1. The van der Waals surface area contributed by atoms with Crippen molar-refractivity contribution in [2.45, 2.75) is 39.5 Å². The predicted molar refractivity (Wildman–Crippen MR) is 189 cm³/mol. The minimum absolute atomic E-state index is 0.0691. The Hall–Kier alpha value is -6.81. The van der Waals surface area contributed by atoms with E-state index in [4.69, 9.17) is 30.2 Å². The largest absolute Gasteiger partial charge is 0.497 e. The fourth-order valence-electron chi connectivity index (χ4n) is 4.82. The van der Waals surface area contributed by atoms with Crippen LogP contribution in [0.3, 0.4) is 0 Å². The van der Waals surface area contributed by atoms with Gasteiger partial charge in [0.15, 0.2) is 0 Å². The molecule has 5 aromatic rings. The number of fused-ring (bicyclic) bond motifs is 1. The molecule has 5 N–H and O–H groups in total. The Bertz CT molecular complexity index is 2140. The number of aromatic nitrogens is 4. The summed E-state index contributed by atoms with van der Waals surface area (Å²) in [5.74, 6) is -1.78. The Morgan fingerprint density at radius 3 is 2.21 bits per heavy atom. The number of hydrogen-bond acceptors (Lipinski definition) is 11. The number of carbonyl (C=O) groups excluding carboxylic acids is 2. The molecule has 0 saturated heterocycles. The van der Waals surface area contributed by atoms with E-state index in [9.17, 15) is 24.0 Å². The summed E-state index contributed by atoms with van der Waals surface area (Å²) in [6.45, 7) is 5.00. The number of ether oxygens (including phenoxy) is 3. The molecule has 0 aliphatic rings. The molecule has 0 fully saturated rings. The lowest BCUT2D eigenvalue weighted by Crippen LogP contribution is -2.34. The number of methoxy groups -OCH3 is 1. The molecular formula is C36H36N6O10. The number of nitrogens with one attached hydrogen (secondary N) is 1. The number of para-hydroxylation sites is 1. The lowest BCUT2D eigenvalue weighted by molar-refractivity contribution is -0.150. The SMILES string of the molecule is COc1ccc2c(Oc3ccc(NC(=O)c4c(C)n(C[C@@H](C)OC(=O)[C@H](C)N)n(-c5ccccc5)c4=O)nc3)ccnc2c1.O=C(O)C=CC(=O)O. The smallest absolute Gasteiger partial charge is 0.328 e. The highest BCUT2D eigenvalue weighted by Crippen LogP contribution is 2.31. The van der Waals surface area contributed by atoms with Gasteiger partial charge in [-0.05, 0) is 63.2 Å². The van der Waals surface area contributed by atoms with E-state index in [0.717, 1.165) is 5.39 Å². The van der Waals surface area contributed by atoms with E-state index in [0.29, 0.717) is 46.3 Å². The molecule has 2 aromatic carbocycles. The maximum absolute atomic E-state index is 13.7. The van der Waals surface area contributed by atoms with E-state index in [1.165, 1.54) is 17.8 Å². The molecule has 52 heavy (non-hydrogen) atoms. The molecular weight excluding hydrogens is 676 g/mol. The van der Waals surface area contributed by atoms with E-state index in [1.54, 1.807) is 74.3 Å². The van der Waals surface area contributed by atoms with Crippen LogP contribution in [0.4, 0.5) is 5.82 Å². The first-order valence-electron chi connectivity index (χ1n) is 15.6. The van der Waals surface area contributed by atoms with Crippen LogP contribution in [0.1, 0.15) is 29.9 Å². The molecule has 3 aromatic heterocycles. The Labute approximate surface area is 296 Å². The van der Waals surface area contributed by atoms with Gasteiger partial charge in [0.1, 0.15) is 40.8 Å². The second-order valence-electron chi connectivity index (χ2n) is 11.2. The van der Waals surface area contributed by atoms with Crippen LogP contribution in [0.2, 0.25) is 0 Å². The molecule has 2 atom stereocenters. The molecule has 5 rings (SSSR count). The molecule has 0 aliphatic carbocycles. The fourth-order valence-corrected chi connectivity index (χ4v) is 4.82. The van der Waals surface area contributed by atoms with Crippen molar-refractivity contribution >= 4 is 40.5 Å². The van der Waals surface area contributed by atoms with Crippen LogP contribution >= 0.6 is 0 Å². The van der Waals surface area contributed by atoms with Crippen LogP contribution in [0.25, 0.3) is 16.6 Å². The summed E-state index contributed by atoms with van der Waals surface area (Å²) in [6, 6.07) is 18.6. The highest BCUT2D eigenvalue weighted by Gasteiger charge is 2.26. The molecule has 270 valence electrons. The number of esters is 1. The zero-order valence-corrected chi connectivity index (χ0v) is 28.5. The number of carboxylic acid groups (broad SMARTS) is 2. The van der Waals surface area contributed by atoms with Crippen molar-refractivity contribution in [3.63, 3.8) is 0 Å². The van der Waals surface area contributed by atoms with Crippen LogP contribution in [-0.4, -0.2) is 72.6 Å². The minimum atomic E-state index is -1.26. The molecule has 16 heteroatoms. The van der Waals surface area contributed by atoms with Gasteiger partial charge < -0.3 is 35.5 Å². The van der Waals surface area contributed by atoms with E-state index < -0.39 is 41.5 Å². The van der Waals surface area contributed by atoms with Crippen molar-refractivity contribution in [1.29, 1.82) is 0 Å². The predicted octanol–water partition coefficient (Wildman–Crippen LogP) is 3.93. The van der Waals surface area contributed by atoms with Gasteiger partial charge in [-0.15, -0.1) is 0 Å². The van der Waals surface area contributed by atoms with Crippen molar-refractivity contribution in [1.82, 2.24) is 19.3 Å². The first-order chi connectivity index (χ1) is 24.8.